The van der Waals surface area contributed by atoms with Crippen molar-refractivity contribution in [1.82, 2.24) is 0 Å². The first-order valence-electron chi connectivity index (χ1n) is 6.12. The van der Waals surface area contributed by atoms with Crippen LogP contribution in [0.3, 0.4) is 0 Å². The zero-order valence-electron chi connectivity index (χ0n) is 10.9. The Kier molecular flexibility index (Phi) is 4.29. The molecule has 0 fully saturated rings. The molecule has 0 amide bonds. The highest BCUT2D eigenvalue weighted by Gasteiger charge is 2.10. The molecule has 0 bridgehead atoms. The summed E-state index contributed by atoms with van der Waals surface area (Å²) in [5, 5.41) is 0. The van der Waals surface area contributed by atoms with Crippen molar-refractivity contribution < 1.29 is 17.9 Å². The first kappa shape index (κ1) is 14.4. The predicted octanol–water partition coefficient (Wildman–Crippen LogP) is 3.79. The average molecular weight is 281 g/mol. The second kappa shape index (κ2) is 5.96. The lowest BCUT2D eigenvalue weighted by atomic mass is 10.1. The van der Waals surface area contributed by atoms with Crippen molar-refractivity contribution in [3.63, 3.8) is 0 Å². The molecule has 0 aliphatic rings. The van der Waals surface area contributed by atoms with E-state index in [0.717, 1.165) is 18.2 Å². The second-order valence-corrected chi connectivity index (χ2v) is 4.64. The van der Waals surface area contributed by atoms with Gasteiger partial charge in [0.1, 0.15) is 29.0 Å². The van der Waals surface area contributed by atoms with Crippen LogP contribution in [0, 0.1) is 17.5 Å². The van der Waals surface area contributed by atoms with Gasteiger partial charge in [-0.3, -0.25) is 0 Å². The number of hydrogen-bond donors (Lipinski definition) is 1. The lowest BCUT2D eigenvalue weighted by Crippen LogP contribution is -2.18. The maximum atomic E-state index is 13.2. The van der Waals surface area contributed by atoms with Gasteiger partial charge >= 0.3 is 0 Å². The van der Waals surface area contributed by atoms with Crippen molar-refractivity contribution in [2.45, 2.75) is 19.4 Å². The Balaban J connectivity index is 2.32. The van der Waals surface area contributed by atoms with Crippen LogP contribution in [0.15, 0.2) is 36.4 Å². The molecule has 0 heterocycles. The van der Waals surface area contributed by atoms with E-state index in [4.69, 9.17) is 10.5 Å². The summed E-state index contributed by atoms with van der Waals surface area (Å²) in [5.74, 6) is -1.56. The first-order valence-corrected chi connectivity index (χ1v) is 6.12. The van der Waals surface area contributed by atoms with Crippen molar-refractivity contribution in [3.05, 3.63) is 59.4 Å². The van der Waals surface area contributed by atoms with Crippen LogP contribution >= 0.6 is 0 Å². The first-order chi connectivity index (χ1) is 9.44. The molecule has 0 aromatic heterocycles. The highest BCUT2D eigenvalue weighted by Crippen LogP contribution is 2.28. The van der Waals surface area contributed by atoms with E-state index in [1.807, 2.05) is 0 Å². The van der Waals surface area contributed by atoms with Crippen LogP contribution in [0.5, 0.6) is 11.5 Å². The van der Waals surface area contributed by atoms with Gasteiger partial charge < -0.3 is 10.5 Å². The highest BCUT2D eigenvalue weighted by molar-refractivity contribution is 5.39. The number of halogens is 3. The van der Waals surface area contributed by atoms with Gasteiger partial charge in [0.05, 0.1) is 0 Å². The molecule has 0 aliphatic heterocycles. The molecule has 0 aliphatic carbocycles. The summed E-state index contributed by atoms with van der Waals surface area (Å²) < 4.78 is 44.9. The van der Waals surface area contributed by atoms with Gasteiger partial charge in [-0.15, -0.1) is 0 Å². The fourth-order valence-corrected chi connectivity index (χ4v) is 1.87. The molecule has 5 heteroatoms. The van der Waals surface area contributed by atoms with Crippen LogP contribution in [-0.2, 0) is 6.42 Å². The number of nitrogens with two attached hydrogens (primary N) is 1. The molecule has 0 saturated heterocycles. The number of benzene rings is 2. The molecule has 2 rings (SSSR count). The quantitative estimate of drug-likeness (QED) is 0.925. The van der Waals surface area contributed by atoms with E-state index in [0.29, 0.717) is 17.7 Å². The summed E-state index contributed by atoms with van der Waals surface area (Å²) in [5.41, 5.74) is 6.23. The maximum absolute atomic E-state index is 13.2. The Bertz CT molecular complexity index is 594. The topological polar surface area (TPSA) is 35.2 Å². The van der Waals surface area contributed by atoms with Crippen LogP contribution < -0.4 is 10.5 Å². The summed E-state index contributed by atoms with van der Waals surface area (Å²) in [7, 11) is 0. The Morgan fingerprint density at radius 1 is 1.00 bits per heavy atom. The average Bonchev–Trinajstić information content (AvgIpc) is 2.30. The zero-order chi connectivity index (χ0) is 14.7. The van der Waals surface area contributed by atoms with E-state index in [-0.39, 0.29) is 11.8 Å². The van der Waals surface area contributed by atoms with Gasteiger partial charge in [0.25, 0.3) is 0 Å². The SMILES string of the molecule is CC(N)Cc1cc(F)ccc1Oc1cc(F)cc(F)c1. The Morgan fingerprint density at radius 3 is 2.25 bits per heavy atom. The second-order valence-electron chi connectivity index (χ2n) is 4.64. The fourth-order valence-electron chi connectivity index (χ4n) is 1.87. The van der Waals surface area contributed by atoms with Crippen molar-refractivity contribution >= 4 is 0 Å². The lowest BCUT2D eigenvalue weighted by Gasteiger charge is -2.13. The van der Waals surface area contributed by atoms with Crippen molar-refractivity contribution in [3.8, 4) is 11.5 Å². The lowest BCUT2D eigenvalue weighted by molar-refractivity contribution is 0.459. The van der Waals surface area contributed by atoms with Gasteiger partial charge in [0.2, 0.25) is 0 Å². The molecule has 106 valence electrons. The van der Waals surface area contributed by atoms with E-state index >= 15 is 0 Å². The van der Waals surface area contributed by atoms with Crippen molar-refractivity contribution in [1.29, 1.82) is 0 Å². The van der Waals surface area contributed by atoms with Crippen molar-refractivity contribution in [2.75, 3.05) is 0 Å². The van der Waals surface area contributed by atoms with E-state index in [2.05, 4.69) is 0 Å². The van der Waals surface area contributed by atoms with Gasteiger partial charge in [-0.2, -0.15) is 0 Å². The minimum absolute atomic E-state index is 0.0139. The van der Waals surface area contributed by atoms with E-state index in [9.17, 15) is 13.2 Å². The summed E-state index contributed by atoms with van der Waals surface area (Å²) >= 11 is 0. The Hall–Kier alpha value is -2.01. The molecule has 1 unspecified atom stereocenters. The zero-order valence-corrected chi connectivity index (χ0v) is 10.9. The third kappa shape index (κ3) is 3.74. The molecule has 2 nitrogen and oxygen atoms in total. The summed E-state index contributed by atoms with van der Waals surface area (Å²) in [6.07, 6.45) is 0.394. The summed E-state index contributed by atoms with van der Waals surface area (Å²) in [6, 6.07) is 6.60. The van der Waals surface area contributed by atoms with Crippen LogP contribution in [0.4, 0.5) is 13.2 Å². The molecule has 0 saturated carbocycles. The molecule has 0 spiro atoms. The molecule has 2 aromatic rings. The third-order valence-corrected chi connectivity index (χ3v) is 2.63. The predicted molar refractivity (Wildman–Crippen MR) is 70.2 cm³/mol. The van der Waals surface area contributed by atoms with Crippen molar-refractivity contribution in [2.24, 2.45) is 5.73 Å². The monoisotopic (exact) mass is 281 g/mol. The van der Waals surface area contributed by atoms with Gasteiger partial charge in [0.15, 0.2) is 0 Å². The normalized spacial score (nSPS) is 12.2. The molecular formula is C15H14F3NO. The van der Waals surface area contributed by atoms with Crippen LogP contribution in [0.1, 0.15) is 12.5 Å². The minimum atomic E-state index is -0.740. The highest BCUT2D eigenvalue weighted by atomic mass is 19.1. The number of hydrogen-bond acceptors (Lipinski definition) is 2. The maximum Gasteiger partial charge on any atom is 0.133 e. The summed E-state index contributed by atoms with van der Waals surface area (Å²) in [6.45, 7) is 1.77. The molecule has 0 radical (unpaired) electrons. The molecule has 2 N–H and O–H groups in total. The third-order valence-electron chi connectivity index (χ3n) is 2.63. The van der Waals surface area contributed by atoms with Gasteiger partial charge in [-0.1, -0.05) is 0 Å². The van der Waals surface area contributed by atoms with E-state index in [1.165, 1.54) is 18.2 Å². The van der Waals surface area contributed by atoms with Crippen LogP contribution in [-0.4, -0.2) is 6.04 Å². The Labute approximate surface area is 115 Å². The molecule has 1 atom stereocenters. The van der Waals surface area contributed by atoms with Crippen LogP contribution in [0.2, 0.25) is 0 Å². The van der Waals surface area contributed by atoms with Crippen LogP contribution in [0.25, 0.3) is 0 Å². The van der Waals surface area contributed by atoms with Gasteiger partial charge in [-0.05, 0) is 37.1 Å². The van der Waals surface area contributed by atoms with Gasteiger partial charge in [-0.25, -0.2) is 13.2 Å². The smallest absolute Gasteiger partial charge is 0.133 e. The van der Waals surface area contributed by atoms with Gasteiger partial charge in [0, 0.05) is 24.2 Å². The minimum Gasteiger partial charge on any atom is -0.457 e. The molecule has 20 heavy (non-hydrogen) atoms. The molecular weight excluding hydrogens is 267 g/mol. The fraction of sp³-hybridized carbons (Fsp3) is 0.200. The Morgan fingerprint density at radius 2 is 1.65 bits per heavy atom. The van der Waals surface area contributed by atoms with E-state index in [1.54, 1.807) is 6.92 Å². The summed E-state index contributed by atoms with van der Waals surface area (Å²) in [4.78, 5) is 0. The largest absolute Gasteiger partial charge is 0.457 e. The number of rotatable bonds is 4. The number of ether oxygens (including phenoxy) is 1. The molecule has 2 aromatic carbocycles. The standard InChI is InChI=1S/C15H14F3NO/c1-9(19)4-10-5-11(16)2-3-15(10)20-14-7-12(17)6-13(18)8-14/h2-3,5-9H,4,19H2,1H3. The van der Waals surface area contributed by atoms with E-state index < -0.39 is 17.5 Å².